The zero-order valence-corrected chi connectivity index (χ0v) is 12.2. The van der Waals surface area contributed by atoms with Gasteiger partial charge in [-0.25, -0.2) is 14.8 Å². The van der Waals surface area contributed by atoms with E-state index in [-0.39, 0.29) is 0 Å². The Labute approximate surface area is 126 Å². The molecule has 0 unspecified atom stereocenters. The maximum absolute atomic E-state index is 12.1. The van der Waals surface area contributed by atoms with Gasteiger partial charge in [0.1, 0.15) is 16.9 Å². The molecule has 0 aliphatic heterocycles. The predicted molar refractivity (Wildman–Crippen MR) is 83.5 cm³/mol. The molecule has 0 saturated heterocycles. The number of carbonyl (C=O) groups excluding carboxylic acids is 1. The van der Waals surface area contributed by atoms with Crippen molar-refractivity contribution in [3.05, 3.63) is 29.8 Å². The number of nitrogen functional groups attached to an aromatic ring is 1. The van der Waals surface area contributed by atoms with E-state index < -0.39 is 5.97 Å². The molecular weight excluding hydrogens is 280 g/mol. The average Bonchev–Trinajstić information content (AvgIpc) is 3.31. The summed E-state index contributed by atoms with van der Waals surface area (Å²) >= 11 is 0. The van der Waals surface area contributed by atoms with Gasteiger partial charge in [-0.3, -0.25) is 0 Å². The lowest BCUT2D eigenvalue weighted by Crippen LogP contribution is -2.09. The third-order valence-electron chi connectivity index (χ3n) is 4.12. The number of fused-ring (bicyclic) bond motifs is 2. The Morgan fingerprint density at radius 3 is 2.64 bits per heavy atom. The first kappa shape index (κ1) is 13.1. The normalized spacial score (nSPS) is 14.6. The molecule has 4 rings (SSSR count). The zero-order valence-electron chi connectivity index (χ0n) is 12.2. The van der Waals surface area contributed by atoms with Crippen molar-refractivity contribution >= 4 is 34.0 Å². The van der Waals surface area contributed by atoms with Crippen LogP contribution >= 0.6 is 0 Å². The Morgan fingerprint density at radius 2 is 2.00 bits per heavy atom. The van der Waals surface area contributed by atoms with E-state index in [4.69, 9.17) is 10.5 Å². The molecule has 1 aliphatic carbocycles. The maximum atomic E-state index is 12.1. The number of nitrogens with two attached hydrogens (primary N) is 1. The highest BCUT2D eigenvalue weighted by molar-refractivity contribution is 6.08. The first-order valence-electron chi connectivity index (χ1n) is 7.32. The number of rotatable bonds is 3. The van der Waals surface area contributed by atoms with E-state index in [0.717, 1.165) is 17.6 Å². The molecular formula is C16H16N4O2. The molecule has 0 bridgehead atoms. The number of anilines is 1. The van der Waals surface area contributed by atoms with Crippen LogP contribution < -0.4 is 5.73 Å². The molecule has 112 valence electrons. The van der Waals surface area contributed by atoms with Gasteiger partial charge in [0.2, 0.25) is 0 Å². The van der Waals surface area contributed by atoms with Gasteiger partial charge < -0.3 is 15.0 Å². The van der Waals surface area contributed by atoms with Crippen LogP contribution in [0.4, 0.5) is 5.82 Å². The summed E-state index contributed by atoms with van der Waals surface area (Å²) in [6.07, 6.45) is 2.38. The highest BCUT2D eigenvalue weighted by Crippen LogP contribution is 2.35. The third kappa shape index (κ3) is 1.91. The molecule has 0 radical (unpaired) electrons. The van der Waals surface area contributed by atoms with E-state index in [1.165, 1.54) is 20.0 Å². The number of nitrogens with zero attached hydrogens (tertiary/aromatic N) is 3. The molecule has 6 heteroatoms. The van der Waals surface area contributed by atoms with Crippen molar-refractivity contribution in [2.24, 2.45) is 5.92 Å². The lowest BCUT2D eigenvalue weighted by Gasteiger charge is -2.06. The topological polar surface area (TPSA) is 83.0 Å². The SMILES string of the molecule is COC(=O)c1c(N)n(CC2CC2)c2nc3ccccc3nc12. The standard InChI is InChI=1S/C16H16N4O2/c1-22-16(21)12-13-15(20(14(12)17)8-9-6-7-9)19-11-5-3-2-4-10(11)18-13/h2-5,9H,6-8,17H2,1H3. The van der Waals surface area contributed by atoms with Crippen LogP contribution in [0.1, 0.15) is 23.2 Å². The van der Waals surface area contributed by atoms with Crippen LogP contribution in [0.5, 0.6) is 0 Å². The fraction of sp³-hybridized carbons (Fsp3) is 0.312. The summed E-state index contributed by atoms with van der Waals surface area (Å²) in [5.74, 6) is 0.530. The van der Waals surface area contributed by atoms with Gasteiger partial charge in [-0.15, -0.1) is 0 Å². The summed E-state index contributed by atoms with van der Waals surface area (Å²) in [6, 6.07) is 7.59. The second kappa shape index (κ2) is 4.69. The van der Waals surface area contributed by atoms with Crippen molar-refractivity contribution in [3.8, 4) is 0 Å². The summed E-state index contributed by atoms with van der Waals surface area (Å²) in [7, 11) is 1.35. The van der Waals surface area contributed by atoms with Gasteiger partial charge >= 0.3 is 5.97 Å². The fourth-order valence-electron chi connectivity index (χ4n) is 2.76. The number of para-hydroxylation sites is 2. The van der Waals surface area contributed by atoms with Crippen molar-refractivity contribution in [1.82, 2.24) is 14.5 Å². The van der Waals surface area contributed by atoms with Crippen LogP contribution in [0.15, 0.2) is 24.3 Å². The van der Waals surface area contributed by atoms with Gasteiger partial charge in [0.25, 0.3) is 0 Å². The van der Waals surface area contributed by atoms with Crippen molar-refractivity contribution in [2.75, 3.05) is 12.8 Å². The van der Waals surface area contributed by atoms with Crippen molar-refractivity contribution in [2.45, 2.75) is 19.4 Å². The molecule has 1 fully saturated rings. The van der Waals surface area contributed by atoms with Gasteiger partial charge in [-0.1, -0.05) is 12.1 Å². The smallest absolute Gasteiger partial charge is 0.343 e. The van der Waals surface area contributed by atoms with Gasteiger partial charge in [0, 0.05) is 6.54 Å². The maximum Gasteiger partial charge on any atom is 0.343 e. The molecule has 0 spiro atoms. The van der Waals surface area contributed by atoms with E-state index in [9.17, 15) is 4.79 Å². The zero-order chi connectivity index (χ0) is 15.3. The molecule has 0 amide bonds. The number of esters is 1. The van der Waals surface area contributed by atoms with E-state index in [1.54, 1.807) is 0 Å². The lowest BCUT2D eigenvalue weighted by molar-refractivity contribution is 0.0604. The molecule has 3 aromatic rings. The number of hydrogen-bond donors (Lipinski definition) is 1. The Morgan fingerprint density at radius 1 is 1.32 bits per heavy atom. The monoisotopic (exact) mass is 296 g/mol. The fourth-order valence-corrected chi connectivity index (χ4v) is 2.76. The van der Waals surface area contributed by atoms with E-state index in [0.29, 0.717) is 28.5 Å². The Balaban J connectivity index is 2.05. The predicted octanol–water partition coefficient (Wildman–Crippen LogP) is 2.36. The van der Waals surface area contributed by atoms with Crippen molar-refractivity contribution in [1.29, 1.82) is 0 Å². The molecule has 2 heterocycles. The third-order valence-corrected chi connectivity index (χ3v) is 4.12. The Bertz CT molecular complexity index is 896. The summed E-state index contributed by atoms with van der Waals surface area (Å²) in [6.45, 7) is 0.770. The molecule has 0 atom stereocenters. The minimum Gasteiger partial charge on any atom is -0.465 e. The highest BCUT2D eigenvalue weighted by atomic mass is 16.5. The van der Waals surface area contributed by atoms with Gasteiger partial charge in [0.05, 0.1) is 18.1 Å². The summed E-state index contributed by atoms with van der Waals surface area (Å²) < 4.78 is 6.77. The second-order valence-electron chi connectivity index (χ2n) is 5.69. The number of ether oxygens (including phenoxy) is 1. The molecule has 2 N–H and O–H groups in total. The number of methoxy groups -OCH3 is 1. The number of aromatic nitrogens is 3. The second-order valence-corrected chi connectivity index (χ2v) is 5.69. The number of hydrogen-bond acceptors (Lipinski definition) is 5. The number of carbonyl (C=O) groups is 1. The quantitative estimate of drug-likeness (QED) is 0.750. The minimum absolute atomic E-state index is 0.316. The largest absolute Gasteiger partial charge is 0.465 e. The average molecular weight is 296 g/mol. The van der Waals surface area contributed by atoms with Crippen LogP contribution in [0, 0.1) is 5.92 Å². The van der Waals surface area contributed by atoms with E-state index in [1.807, 2.05) is 28.8 Å². The molecule has 6 nitrogen and oxygen atoms in total. The first-order valence-corrected chi connectivity index (χ1v) is 7.32. The molecule has 2 aromatic heterocycles. The van der Waals surface area contributed by atoms with Crippen LogP contribution in [0.3, 0.4) is 0 Å². The van der Waals surface area contributed by atoms with E-state index in [2.05, 4.69) is 9.97 Å². The Kier molecular flexibility index (Phi) is 2.79. The summed E-state index contributed by atoms with van der Waals surface area (Å²) in [5.41, 5.74) is 9.24. The van der Waals surface area contributed by atoms with Gasteiger partial charge in [0.15, 0.2) is 5.65 Å². The lowest BCUT2D eigenvalue weighted by atomic mass is 10.2. The van der Waals surface area contributed by atoms with Gasteiger partial charge in [-0.2, -0.15) is 0 Å². The minimum atomic E-state index is -0.471. The van der Waals surface area contributed by atoms with Crippen LogP contribution in [0.25, 0.3) is 22.2 Å². The molecule has 1 saturated carbocycles. The van der Waals surface area contributed by atoms with Gasteiger partial charge in [-0.05, 0) is 30.9 Å². The number of benzene rings is 1. The summed E-state index contributed by atoms with van der Waals surface area (Å²) in [5, 5.41) is 0. The van der Waals surface area contributed by atoms with Crippen molar-refractivity contribution in [3.63, 3.8) is 0 Å². The van der Waals surface area contributed by atoms with E-state index >= 15 is 0 Å². The molecule has 1 aromatic carbocycles. The molecule has 22 heavy (non-hydrogen) atoms. The summed E-state index contributed by atoms with van der Waals surface area (Å²) in [4.78, 5) is 21.4. The Hall–Kier alpha value is -2.63. The van der Waals surface area contributed by atoms with Crippen LogP contribution in [0.2, 0.25) is 0 Å². The molecule has 1 aliphatic rings. The van der Waals surface area contributed by atoms with Crippen LogP contribution in [-0.4, -0.2) is 27.6 Å². The highest BCUT2D eigenvalue weighted by Gasteiger charge is 2.28. The van der Waals surface area contributed by atoms with Crippen LogP contribution in [-0.2, 0) is 11.3 Å². The van der Waals surface area contributed by atoms with Crippen molar-refractivity contribution < 1.29 is 9.53 Å². The first-order chi connectivity index (χ1) is 10.7.